The average molecular weight is 709 g/mol. The maximum Gasteiger partial charge on any atom is 0.318 e. The largest absolute Gasteiger partial charge is 0.497 e. The van der Waals surface area contributed by atoms with Crippen molar-refractivity contribution in [2.24, 2.45) is 33.5 Å². The third-order valence-electron chi connectivity index (χ3n) is 15.1. The molecule has 1 aliphatic heterocycles. The van der Waals surface area contributed by atoms with E-state index in [0.717, 1.165) is 56.1 Å². The number of fused-ring (bicyclic) bond motifs is 1. The van der Waals surface area contributed by atoms with E-state index >= 15 is 0 Å². The predicted molar refractivity (Wildman–Crippen MR) is 200 cm³/mol. The third-order valence-corrected chi connectivity index (χ3v) is 15.1. The van der Waals surface area contributed by atoms with Crippen molar-refractivity contribution in [3.8, 4) is 5.75 Å². The molecule has 1 unspecified atom stereocenters. The number of allylic oxidation sites excluding steroid dienone is 4. The number of nitrogens with one attached hydrogen (secondary N) is 1. The van der Waals surface area contributed by atoms with Gasteiger partial charge in [0.25, 0.3) is 0 Å². The summed E-state index contributed by atoms with van der Waals surface area (Å²) in [6.07, 6.45) is 13.6. The number of benzene rings is 2. The van der Waals surface area contributed by atoms with E-state index in [9.17, 15) is 19.8 Å². The molecule has 2 bridgehead atoms. The number of aliphatic hydroxyl groups excluding tert-OH is 1. The van der Waals surface area contributed by atoms with E-state index in [1.54, 1.807) is 7.11 Å². The van der Waals surface area contributed by atoms with Crippen LogP contribution in [0.1, 0.15) is 101 Å². The first-order chi connectivity index (χ1) is 24.9. The van der Waals surface area contributed by atoms with Gasteiger partial charge < -0.3 is 29.9 Å². The highest BCUT2D eigenvalue weighted by Crippen LogP contribution is 2.78. The molecule has 4 fully saturated rings. The number of rotatable bonds is 9. The van der Waals surface area contributed by atoms with Crippen LogP contribution in [0.2, 0.25) is 0 Å². The Morgan fingerprint density at radius 1 is 0.962 bits per heavy atom. The van der Waals surface area contributed by atoms with Gasteiger partial charge in [-0.05, 0) is 112 Å². The highest BCUT2D eigenvalue weighted by molar-refractivity contribution is 6.10. The lowest BCUT2D eigenvalue weighted by Crippen LogP contribution is -2.67. The summed E-state index contributed by atoms with van der Waals surface area (Å²) >= 11 is 0. The van der Waals surface area contributed by atoms with E-state index in [1.807, 2.05) is 66.4 Å². The first kappa shape index (κ1) is 35.6. The number of Topliss-reactive ketones (excluding diaryl/α,β-unsaturated/α-hetero) is 1. The van der Waals surface area contributed by atoms with Gasteiger partial charge in [-0.15, -0.1) is 0 Å². The number of hydrogen-bond donors (Lipinski definition) is 3. The van der Waals surface area contributed by atoms with Crippen molar-refractivity contribution < 1.29 is 29.3 Å². The Morgan fingerprint density at radius 2 is 1.67 bits per heavy atom. The SMILES string of the molecule is COc1ccc(C(=O)C2=C[C@@]34C=C[C@@]25[C@@H]2CC[C@@](O)(CN(C[C@H]6CCCO6)C(=O)N[C@H](C)c6ccccc6)[C@@]2(C)CC[C@@H]5[C@@]3(C)CCC(O)C4)cc1. The maximum atomic E-state index is 14.9. The molecule has 8 heteroatoms. The Bertz CT molecular complexity index is 1750. The van der Waals surface area contributed by atoms with E-state index in [-0.39, 0.29) is 47.8 Å². The Hall–Kier alpha value is -3.46. The van der Waals surface area contributed by atoms with Gasteiger partial charge in [0.1, 0.15) is 5.75 Å². The van der Waals surface area contributed by atoms with Gasteiger partial charge in [0, 0.05) is 40.5 Å². The van der Waals surface area contributed by atoms with Gasteiger partial charge in [0.05, 0.1) is 37.5 Å². The summed E-state index contributed by atoms with van der Waals surface area (Å²) in [5.41, 5.74) is -0.341. The zero-order valence-corrected chi connectivity index (χ0v) is 31.3. The number of hydrogen-bond acceptors (Lipinski definition) is 6. The molecule has 7 aliphatic rings. The minimum Gasteiger partial charge on any atom is -0.497 e. The Kier molecular flexibility index (Phi) is 8.78. The van der Waals surface area contributed by atoms with E-state index in [1.165, 1.54) is 0 Å². The maximum absolute atomic E-state index is 14.9. The molecule has 1 heterocycles. The van der Waals surface area contributed by atoms with Crippen LogP contribution in [0.25, 0.3) is 0 Å². The van der Waals surface area contributed by atoms with Crippen LogP contribution >= 0.6 is 0 Å². The summed E-state index contributed by atoms with van der Waals surface area (Å²) in [7, 11) is 1.63. The fraction of sp³-hybridized carbons (Fsp3) is 0.591. The lowest BCUT2D eigenvalue weighted by molar-refractivity contribution is -0.175. The summed E-state index contributed by atoms with van der Waals surface area (Å²) in [6, 6.07) is 17.0. The zero-order valence-electron chi connectivity index (χ0n) is 31.3. The molecule has 2 aromatic carbocycles. The molecule has 9 rings (SSSR count). The van der Waals surface area contributed by atoms with E-state index < -0.39 is 27.9 Å². The number of amides is 2. The highest BCUT2D eigenvalue weighted by Gasteiger charge is 2.74. The van der Waals surface area contributed by atoms with Crippen LogP contribution in [0.3, 0.4) is 0 Å². The molecular weight excluding hydrogens is 652 g/mol. The van der Waals surface area contributed by atoms with Crippen molar-refractivity contribution >= 4 is 11.8 Å². The van der Waals surface area contributed by atoms with Crippen molar-refractivity contribution in [1.82, 2.24) is 10.2 Å². The number of ether oxygens (including phenoxy) is 2. The number of carbonyl (C=O) groups is 2. The molecule has 0 radical (unpaired) electrons. The molecule has 2 aromatic rings. The second kappa shape index (κ2) is 12.8. The summed E-state index contributed by atoms with van der Waals surface area (Å²) in [4.78, 5) is 30.9. The first-order valence-corrected chi connectivity index (χ1v) is 19.6. The molecular formula is C44H56N2O6. The van der Waals surface area contributed by atoms with Gasteiger partial charge in [-0.3, -0.25) is 4.79 Å². The quantitative estimate of drug-likeness (QED) is 0.185. The molecule has 6 aliphatic carbocycles. The van der Waals surface area contributed by atoms with Crippen LogP contribution in [0.15, 0.2) is 78.4 Å². The number of nitrogens with zero attached hydrogens (tertiary/aromatic N) is 1. The minimum atomic E-state index is -1.17. The predicted octanol–water partition coefficient (Wildman–Crippen LogP) is 7.42. The normalized spacial score (nSPS) is 39.2. The first-order valence-electron chi connectivity index (χ1n) is 19.6. The Balaban J connectivity index is 1.16. The van der Waals surface area contributed by atoms with Crippen LogP contribution in [0.5, 0.6) is 5.75 Å². The summed E-state index contributed by atoms with van der Waals surface area (Å²) in [5.74, 6) is 0.908. The van der Waals surface area contributed by atoms with Gasteiger partial charge in [0.2, 0.25) is 0 Å². The fourth-order valence-electron chi connectivity index (χ4n) is 12.2. The van der Waals surface area contributed by atoms with Crippen LogP contribution in [-0.2, 0) is 4.74 Å². The summed E-state index contributed by atoms with van der Waals surface area (Å²) in [6.45, 7) is 7.95. The van der Waals surface area contributed by atoms with Crippen molar-refractivity contribution in [1.29, 1.82) is 0 Å². The lowest BCUT2D eigenvalue weighted by Gasteiger charge is -2.71. The third kappa shape index (κ3) is 5.25. The number of ketones is 1. The fourth-order valence-corrected chi connectivity index (χ4v) is 12.2. The van der Waals surface area contributed by atoms with Gasteiger partial charge in [-0.1, -0.05) is 62.4 Å². The second-order valence-electron chi connectivity index (χ2n) is 17.5. The monoisotopic (exact) mass is 708 g/mol. The minimum absolute atomic E-state index is 0.00805. The number of carbonyl (C=O) groups excluding carboxylic acids is 2. The van der Waals surface area contributed by atoms with E-state index in [0.29, 0.717) is 37.3 Å². The Labute approximate surface area is 308 Å². The molecule has 2 amide bonds. The lowest BCUT2D eigenvalue weighted by atomic mass is 9.32. The van der Waals surface area contributed by atoms with Crippen molar-refractivity contribution in [2.75, 3.05) is 26.8 Å². The van der Waals surface area contributed by atoms with Gasteiger partial charge in [0.15, 0.2) is 5.78 Å². The van der Waals surface area contributed by atoms with Crippen molar-refractivity contribution in [3.63, 3.8) is 0 Å². The molecule has 278 valence electrons. The van der Waals surface area contributed by atoms with E-state index in [2.05, 4.69) is 37.4 Å². The molecule has 3 N–H and O–H groups in total. The number of urea groups is 1. The molecule has 1 saturated heterocycles. The van der Waals surface area contributed by atoms with Gasteiger partial charge in [-0.25, -0.2) is 4.79 Å². The van der Waals surface area contributed by atoms with Gasteiger partial charge >= 0.3 is 6.03 Å². The molecule has 8 nitrogen and oxygen atoms in total. The molecule has 0 aromatic heterocycles. The van der Waals surface area contributed by atoms with Gasteiger partial charge in [-0.2, -0.15) is 0 Å². The highest BCUT2D eigenvalue weighted by atomic mass is 16.5. The number of aliphatic hydroxyl groups is 2. The second-order valence-corrected chi connectivity index (χ2v) is 17.5. The van der Waals surface area contributed by atoms with Crippen LogP contribution in [0, 0.1) is 33.5 Å². The molecule has 3 saturated carbocycles. The topological polar surface area (TPSA) is 108 Å². The van der Waals surface area contributed by atoms with E-state index in [4.69, 9.17) is 9.47 Å². The van der Waals surface area contributed by atoms with Crippen LogP contribution < -0.4 is 10.1 Å². The average Bonchev–Trinajstić information content (AvgIpc) is 3.76. The smallest absolute Gasteiger partial charge is 0.318 e. The number of methoxy groups -OCH3 is 1. The molecule has 2 spiro atoms. The Morgan fingerprint density at radius 3 is 2.38 bits per heavy atom. The molecule has 52 heavy (non-hydrogen) atoms. The summed E-state index contributed by atoms with van der Waals surface area (Å²) in [5, 5.41) is 27.4. The molecule has 10 atom stereocenters. The zero-order chi connectivity index (χ0) is 36.5. The van der Waals surface area contributed by atoms with Crippen molar-refractivity contribution in [3.05, 3.63) is 89.5 Å². The van der Waals surface area contributed by atoms with Crippen LogP contribution in [0.4, 0.5) is 4.79 Å². The summed E-state index contributed by atoms with van der Waals surface area (Å²) < 4.78 is 11.5. The standard InChI is InChI=1S/C44H56N2O6/c1-29(30-9-6-5-7-10-30)45-39(49)46(27-34-11-8-24-52-34)28-43(50)21-18-37-41(43,3)20-17-36-40(2)19-16-32(47)25-42(40)22-23-44(36,37)35(26-42)38(48)31-12-14-33(51-4)15-13-31/h5-7,9-10,12-15,22-23,26,29,32,34,36-37,47,50H,8,11,16-21,24-25,27-28H2,1-4H3,(H,45,49)/t29-,32?,34-,36-,37-,40-,41+,42+,43-,44-/m1/s1. The van der Waals surface area contributed by atoms with Crippen LogP contribution in [-0.4, -0.2) is 71.5 Å². The van der Waals surface area contributed by atoms with Crippen molar-refractivity contribution in [2.45, 2.75) is 102 Å².